The first-order valence-corrected chi connectivity index (χ1v) is 8.94. The lowest BCUT2D eigenvalue weighted by molar-refractivity contribution is 0.250. The van der Waals surface area contributed by atoms with Gasteiger partial charge in [0.15, 0.2) is 0 Å². The minimum absolute atomic E-state index is 0.306. The molecule has 0 saturated heterocycles. The van der Waals surface area contributed by atoms with Crippen molar-refractivity contribution in [3.8, 4) is 0 Å². The summed E-state index contributed by atoms with van der Waals surface area (Å²) in [6, 6.07) is 5.46. The van der Waals surface area contributed by atoms with Gasteiger partial charge in [0, 0.05) is 24.8 Å². The Bertz CT molecular complexity index is 581. The zero-order chi connectivity index (χ0) is 15.5. The molecule has 0 amide bonds. The highest BCUT2D eigenvalue weighted by Crippen LogP contribution is 2.22. The summed E-state index contributed by atoms with van der Waals surface area (Å²) in [5.74, 6) is 0. The van der Waals surface area contributed by atoms with Crippen LogP contribution in [0.4, 0.5) is 5.69 Å². The summed E-state index contributed by atoms with van der Waals surface area (Å²) in [4.78, 5) is 2.56. The largest absolute Gasteiger partial charge is 0.399 e. The third kappa shape index (κ3) is 4.18. The van der Waals surface area contributed by atoms with Crippen LogP contribution in [0.2, 0.25) is 0 Å². The summed E-state index contributed by atoms with van der Waals surface area (Å²) < 4.78 is 27.3. The number of nitrogens with one attached hydrogen (secondary N) is 1. The number of nitrogen functional groups attached to an aromatic ring is 1. The first-order valence-electron chi connectivity index (χ1n) is 7.46. The molecule has 3 N–H and O–H groups in total. The van der Waals surface area contributed by atoms with E-state index in [1.165, 1.54) is 25.7 Å². The van der Waals surface area contributed by atoms with Gasteiger partial charge in [0.2, 0.25) is 10.0 Å². The molecule has 0 unspecified atom stereocenters. The van der Waals surface area contributed by atoms with E-state index < -0.39 is 10.0 Å². The minimum Gasteiger partial charge on any atom is -0.399 e. The number of aryl methyl sites for hydroxylation is 1. The molecule has 1 aromatic rings. The lowest BCUT2D eigenvalue weighted by Gasteiger charge is -2.24. The molecule has 0 bridgehead atoms. The van der Waals surface area contributed by atoms with Gasteiger partial charge in [-0.2, -0.15) is 0 Å². The number of benzene rings is 1. The quantitative estimate of drug-likeness (QED) is 0.785. The highest BCUT2D eigenvalue weighted by Gasteiger charge is 2.20. The molecule has 1 fully saturated rings. The molecule has 0 aromatic heterocycles. The summed E-state index contributed by atoms with van der Waals surface area (Å²) >= 11 is 0. The standard InChI is InChI=1S/C15H25N3O2S/c1-12-11-13(16)7-8-15(12)21(19,20)17-9-10-18(2)14-5-3-4-6-14/h7-8,11,14,17H,3-6,9-10,16H2,1-2H3. The van der Waals surface area contributed by atoms with Crippen LogP contribution in [0.5, 0.6) is 0 Å². The van der Waals surface area contributed by atoms with Crippen LogP contribution in [0, 0.1) is 6.92 Å². The predicted molar refractivity (Wildman–Crippen MR) is 85.7 cm³/mol. The van der Waals surface area contributed by atoms with Crippen molar-refractivity contribution >= 4 is 15.7 Å². The normalized spacial score (nSPS) is 16.7. The first-order chi connectivity index (χ1) is 9.90. The number of hydrogen-bond acceptors (Lipinski definition) is 4. The SMILES string of the molecule is Cc1cc(N)ccc1S(=O)(=O)NCCN(C)C1CCCC1. The molecule has 5 nitrogen and oxygen atoms in total. The van der Waals surface area contributed by atoms with Crippen molar-refractivity contribution in [3.63, 3.8) is 0 Å². The maximum Gasteiger partial charge on any atom is 0.240 e. The van der Waals surface area contributed by atoms with Gasteiger partial charge in [0.05, 0.1) is 4.90 Å². The van der Waals surface area contributed by atoms with Crippen LogP contribution in [0.3, 0.4) is 0 Å². The first kappa shape index (κ1) is 16.3. The molecule has 0 atom stereocenters. The third-order valence-corrected chi connectivity index (χ3v) is 5.81. The lowest BCUT2D eigenvalue weighted by atomic mass is 10.2. The number of anilines is 1. The third-order valence-electron chi connectivity index (χ3n) is 4.19. The number of likely N-dealkylation sites (N-methyl/N-ethyl adjacent to an activating group) is 1. The average Bonchev–Trinajstić information content (AvgIpc) is 2.91. The van der Waals surface area contributed by atoms with E-state index in [0.29, 0.717) is 28.7 Å². The highest BCUT2D eigenvalue weighted by atomic mass is 32.2. The van der Waals surface area contributed by atoms with Gasteiger partial charge in [-0.05, 0) is 50.6 Å². The smallest absolute Gasteiger partial charge is 0.240 e. The van der Waals surface area contributed by atoms with Crippen molar-refractivity contribution < 1.29 is 8.42 Å². The molecule has 21 heavy (non-hydrogen) atoms. The number of hydrogen-bond donors (Lipinski definition) is 2. The fourth-order valence-corrected chi connectivity index (χ4v) is 4.18. The van der Waals surface area contributed by atoms with Crippen LogP contribution in [0.15, 0.2) is 23.1 Å². The minimum atomic E-state index is -3.46. The molecule has 2 rings (SSSR count). The van der Waals surface area contributed by atoms with Gasteiger partial charge in [0.1, 0.15) is 0 Å². The van der Waals surface area contributed by atoms with Crippen molar-refractivity contribution in [2.45, 2.75) is 43.5 Å². The number of nitrogens with two attached hydrogens (primary N) is 1. The monoisotopic (exact) mass is 311 g/mol. The Labute approximate surface area is 127 Å². The lowest BCUT2D eigenvalue weighted by Crippen LogP contribution is -2.37. The van der Waals surface area contributed by atoms with E-state index in [0.717, 1.165) is 6.54 Å². The van der Waals surface area contributed by atoms with Crippen LogP contribution in [0.25, 0.3) is 0 Å². The van der Waals surface area contributed by atoms with Gasteiger partial charge >= 0.3 is 0 Å². The number of rotatable bonds is 6. The van der Waals surface area contributed by atoms with Crippen LogP contribution >= 0.6 is 0 Å². The van der Waals surface area contributed by atoms with Gasteiger partial charge in [-0.15, -0.1) is 0 Å². The molecule has 0 radical (unpaired) electrons. The summed E-state index contributed by atoms with van der Waals surface area (Å²) in [7, 11) is -1.39. The summed E-state index contributed by atoms with van der Waals surface area (Å²) in [6.45, 7) is 2.92. The topological polar surface area (TPSA) is 75.4 Å². The Hall–Kier alpha value is -1.11. The molecule has 1 aliphatic rings. The van der Waals surface area contributed by atoms with Crippen molar-refractivity contribution in [1.29, 1.82) is 0 Å². The molecule has 1 aromatic carbocycles. The maximum absolute atomic E-state index is 12.3. The molecule has 118 valence electrons. The second-order valence-corrected chi connectivity index (χ2v) is 7.58. The fourth-order valence-electron chi connectivity index (χ4n) is 2.94. The average molecular weight is 311 g/mol. The van der Waals surface area contributed by atoms with Gasteiger partial charge in [0.25, 0.3) is 0 Å². The Morgan fingerprint density at radius 1 is 1.33 bits per heavy atom. The zero-order valence-electron chi connectivity index (χ0n) is 12.8. The molecule has 6 heteroatoms. The van der Waals surface area contributed by atoms with Crippen molar-refractivity contribution in [1.82, 2.24) is 9.62 Å². The van der Waals surface area contributed by atoms with E-state index in [4.69, 9.17) is 5.73 Å². The molecular formula is C15H25N3O2S. The van der Waals surface area contributed by atoms with Crippen molar-refractivity contribution in [3.05, 3.63) is 23.8 Å². The van der Waals surface area contributed by atoms with Gasteiger partial charge < -0.3 is 10.6 Å². The van der Waals surface area contributed by atoms with Gasteiger partial charge in [-0.3, -0.25) is 0 Å². The second kappa shape index (κ2) is 6.77. The molecule has 1 aliphatic carbocycles. The van der Waals surface area contributed by atoms with E-state index in [9.17, 15) is 8.42 Å². The second-order valence-electron chi connectivity index (χ2n) is 5.84. The summed E-state index contributed by atoms with van der Waals surface area (Å²) in [5, 5.41) is 0. The van der Waals surface area contributed by atoms with Crippen molar-refractivity contribution in [2.75, 3.05) is 25.9 Å². The van der Waals surface area contributed by atoms with E-state index in [2.05, 4.69) is 16.7 Å². The molecule has 1 saturated carbocycles. The molecule has 0 heterocycles. The fraction of sp³-hybridized carbons (Fsp3) is 0.600. The van der Waals surface area contributed by atoms with E-state index in [1.807, 2.05) is 0 Å². The van der Waals surface area contributed by atoms with E-state index in [1.54, 1.807) is 25.1 Å². The van der Waals surface area contributed by atoms with Gasteiger partial charge in [-0.1, -0.05) is 12.8 Å². The Kier molecular flexibility index (Phi) is 5.24. The van der Waals surface area contributed by atoms with E-state index in [-0.39, 0.29) is 0 Å². The molecule has 0 spiro atoms. The number of nitrogens with zero attached hydrogens (tertiary/aromatic N) is 1. The van der Waals surface area contributed by atoms with E-state index >= 15 is 0 Å². The van der Waals surface area contributed by atoms with Crippen LogP contribution in [0.1, 0.15) is 31.2 Å². The van der Waals surface area contributed by atoms with Crippen molar-refractivity contribution in [2.24, 2.45) is 0 Å². The zero-order valence-corrected chi connectivity index (χ0v) is 13.6. The molecule has 0 aliphatic heterocycles. The Morgan fingerprint density at radius 3 is 2.62 bits per heavy atom. The summed E-state index contributed by atoms with van der Waals surface area (Å²) in [5.41, 5.74) is 6.91. The number of sulfonamides is 1. The maximum atomic E-state index is 12.3. The van der Waals surface area contributed by atoms with Crippen LogP contribution in [-0.4, -0.2) is 39.5 Å². The van der Waals surface area contributed by atoms with Crippen LogP contribution < -0.4 is 10.5 Å². The molecular weight excluding hydrogens is 286 g/mol. The summed E-state index contributed by atoms with van der Waals surface area (Å²) in [6.07, 6.45) is 5.01. The van der Waals surface area contributed by atoms with Crippen LogP contribution in [-0.2, 0) is 10.0 Å². The van der Waals surface area contributed by atoms with Gasteiger partial charge in [-0.25, -0.2) is 13.1 Å². The Morgan fingerprint density at radius 2 is 2.00 bits per heavy atom. The highest BCUT2D eigenvalue weighted by molar-refractivity contribution is 7.89. The Balaban J connectivity index is 1.92. The predicted octanol–water partition coefficient (Wildman–Crippen LogP) is 1.73.